The van der Waals surface area contributed by atoms with E-state index in [0.717, 1.165) is 25.8 Å². The lowest BCUT2D eigenvalue weighted by molar-refractivity contribution is 0.195. The average molecular weight is 302 g/mol. The molecule has 1 aliphatic heterocycles. The maximum atomic E-state index is 12.3. The van der Waals surface area contributed by atoms with Gasteiger partial charge < -0.3 is 15.3 Å². The van der Waals surface area contributed by atoms with Gasteiger partial charge in [-0.15, -0.1) is 0 Å². The Bertz CT molecular complexity index is 546. The predicted molar refractivity (Wildman–Crippen MR) is 86.9 cm³/mol. The monoisotopic (exact) mass is 302 g/mol. The molecule has 0 aromatic heterocycles. The van der Waals surface area contributed by atoms with Crippen molar-refractivity contribution in [2.24, 2.45) is 5.92 Å². The van der Waals surface area contributed by atoms with Gasteiger partial charge in [0.1, 0.15) is 0 Å². The molecule has 1 saturated heterocycles. The first-order valence-electron chi connectivity index (χ1n) is 8.34. The molecule has 0 bridgehead atoms. The van der Waals surface area contributed by atoms with Gasteiger partial charge in [0.25, 0.3) is 0 Å². The summed E-state index contributed by atoms with van der Waals surface area (Å²) in [5, 5.41) is 12.3. The number of hydrogen-bond acceptors (Lipinski definition) is 2. The zero-order valence-corrected chi connectivity index (χ0v) is 13.3. The summed E-state index contributed by atoms with van der Waals surface area (Å²) in [6.07, 6.45) is 4.34. The van der Waals surface area contributed by atoms with Crippen molar-refractivity contribution >= 4 is 6.03 Å². The van der Waals surface area contributed by atoms with Crippen LogP contribution in [0.2, 0.25) is 0 Å². The van der Waals surface area contributed by atoms with E-state index in [1.165, 1.54) is 17.5 Å². The molecule has 4 heteroatoms. The number of aliphatic hydroxyl groups excluding tert-OH is 1. The summed E-state index contributed by atoms with van der Waals surface area (Å²) in [6, 6.07) is 8.62. The number of aryl methyl sites for hydroxylation is 1. The standard InChI is InChI=1S/C18H26N2O2/c1-18(9-4-6-15-5-2-3-7-16(15)18)13-19-17(22)20-10-8-14(11-20)12-21/h2-3,5,7,14,21H,4,6,8-13H2,1H3,(H,19,22). The normalized spacial score (nSPS) is 27.5. The molecule has 0 radical (unpaired) electrons. The molecule has 0 saturated carbocycles. The fourth-order valence-electron chi connectivity index (χ4n) is 3.86. The lowest BCUT2D eigenvalue weighted by Gasteiger charge is -2.36. The van der Waals surface area contributed by atoms with Crippen LogP contribution in [0.3, 0.4) is 0 Å². The first-order valence-corrected chi connectivity index (χ1v) is 8.34. The van der Waals surface area contributed by atoms with Gasteiger partial charge in [-0.25, -0.2) is 4.79 Å². The molecule has 120 valence electrons. The van der Waals surface area contributed by atoms with E-state index in [1.807, 2.05) is 4.90 Å². The second-order valence-corrected chi connectivity index (χ2v) is 7.01. The molecule has 2 unspecified atom stereocenters. The molecule has 2 aliphatic rings. The van der Waals surface area contributed by atoms with Crippen molar-refractivity contribution < 1.29 is 9.90 Å². The fraction of sp³-hybridized carbons (Fsp3) is 0.611. The lowest BCUT2D eigenvalue weighted by atomic mass is 9.71. The fourth-order valence-corrected chi connectivity index (χ4v) is 3.86. The van der Waals surface area contributed by atoms with E-state index < -0.39 is 0 Å². The van der Waals surface area contributed by atoms with Crippen LogP contribution in [-0.4, -0.2) is 42.3 Å². The zero-order valence-electron chi connectivity index (χ0n) is 13.3. The SMILES string of the molecule is CC1(CNC(=O)N2CCC(CO)C2)CCCc2ccccc21. The summed E-state index contributed by atoms with van der Waals surface area (Å²) in [6.45, 7) is 4.55. The minimum Gasteiger partial charge on any atom is -0.396 e. The Balaban J connectivity index is 1.63. The van der Waals surface area contributed by atoms with E-state index in [1.54, 1.807) is 0 Å². The minimum atomic E-state index is 0.0141. The predicted octanol–water partition coefficient (Wildman–Crippen LogP) is 2.30. The number of carbonyl (C=O) groups excluding carboxylic acids is 1. The van der Waals surface area contributed by atoms with Crippen LogP contribution in [0.4, 0.5) is 4.79 Å². The number of nitrogens with zero attached hydrogens (tertiary/aromatic N) is 1. The highest BCUT2D eigenvalue weighted by atomic mass is 16.3. The molecule has 1 aliphatic carbocycles. The van der Waals surface area contributed by atoms with Gasteiger partial charge in [0.2, 0.25) is 0 Å². The van der Waals surface area contributed by atoms with Crippen molar-refractivity contribution in [2.45, 2.75) is 38.0 Å². The molecule has 0 spiro atoms. The molecular formula is C18H26N2O2. The van der Waals surface area contributed by atoms with Crippen LogP contribution in [0.25, 0.3) is 0 Å². The highest BCUT2D eigenvalue weighted by Gasteiger charge is 2.33. The second-order valence-electron chi connectivity index (χ2n) is 7.01. The van der Waals surface area contributed by atoms with E-state index in [9.17, 15) is 9.90 Å². The van der Waals surface area contributed by atoms with Crippen molar-refractivity contribution in [1.82, 2.24) is 10.2 Å². The van der Waals surface area contributed by atoms with Gasteiger partial charge in [0.15, 0.2) is 0 Å². The third kappa shape index (κ3) is 2.98. The van der Waals surface area contributed by atoms with E-state index in [2.05, 4.69) is 36.5 Å². The molecule has 1 aromatic carbocycles. The largest absolute Gasteiger partial charge is 0.396 e. The average Bonchev–Trinajstić information content (AvgIpc) is 3.02. The molecule has 1 fully saturated rings. The van der Waals surface area contributed by atoms with Crippen LogP contribution in [0, 0.1) is 5.92 Å². The van der Waals surface area contributed by atoms with E-state index in [4.69, 9.17) is 0 Å². The maximum Gasteiger partial charge on any atom is 0.317 e. The van der Waals surface area contributed by atoms with Gasteiger partial charge >= 0.3 is 6.03 Å². The highest BCUT2D eigenvalue weighted by Crippen LogP contribution is 2.36. The van der Waals surface area contributed by atoms with Gasteiger partial charge in [-0.3, -0.25) is 0 Å². The van der Waals surface area contributed by atoms with Crippen LogP contribution < -0.4 is 5.32 Å². The quantitative estimate of drug-likeness (QED) is 0.900. The number of benzene rings is 1. The van der Waals surface area contributed by atoms with E-state index in [-0.39, 0.29) is 24.0 Å². The van der Waals surface area contributed by atoms with E-state index >= 15 is 0 Å². The number of aliphatic hydroxyl groups is 1. The number of amides is 2. The third-order valence-corrected chi connectivity index (χ3v) is 5.30. The number of fused-ring (bicyclic) bond motifs is 1. The first kappa shape index (κ1) is 15.3. The number of likely N-dealkylation sites (tertiary alicyclic amines) is 1. The van der Waals surface area contributed by atoms with Crippen LogP contribution in [0.5, 0.6) is 0 Å². The number of nitrogens with one attached hydrogen (secondary N) is 1. The van der Waals surface area contributed by atoms with Gasteiger partial charge in [-0.2, -0.15) is 0 Å². The number of carbonyl (C=O) groups is 1. The topological polar surface area (TPSA) is 52.6 Å². The molecule has 22 heavy (non-hydrogen) atoms. The van der Waals surface area contributed by atoms with Crippen LogP contribution >= 0.6 is 0 Å². The summed E-state index contributed by atoms with van der Waals surface area (Å²) in [7, 11) is 0. The highest BCUT2D eigenvalue weighted by molar-refractivity contribution is 5.74. The summed E-state index contributed by atoms with van der Waals surface area (Å²) in [4.78, 5) is 14.2. The number of rotatable bonds is 3. The third-order valence-electron chi connectivity index (χ3n) is 5.30. The molecule has 1 heterocycles. The summed E-state index contributed by atoms with van der Waals surface area (Å²) in [5.41, 5.74) is 2.84. The van der Waals surface area contributed by atoms with Gasteiger partial charge in [-0.1, -0.05) is 31.2 Å². The lowest BCUT2D eigenvalue weighted by Crippen LogP contribution is -2.46. The Morgan fingerprint density at radius 3 is 3.05 bits per heavy atom. The Hall–Kier alpha value is -1.55. The van der Waals surface area contributed by atoms with Gasteiger partial charge in [0.05, 0.1) is 0 Å². The van der Waals surface area contributed by atoms with Crippen LogP contribution in [0.15, 0.2) is 24.3 Å². The van der Waals surface area contributed by atoms with Crippen molar-refractivity contribution in [1.29, 1.82) is 0 Å². The molecule has 2 amide bonds. The maximum absolute atomic E-state index is 12.3. The molecular weight excluding hydrogens is 276 g/mol. The van der Waals surface area contributed by atoms with Gasteiger partial charge in [0, 0.05) is 37.6 Å². The smallest absolute Gasteiger partial charge is 0.317 e. The van der Waals surface area contributed by atoms with Gasteiger partial charge in [-0.05, 0) is 36.8 Å². The summed E-state index contributed by atoms with van der Waals surface area (Å²) in [5.74, 6) is 0.247. The summed E-state index contributed by atoms with van der Waals surface area (Å²) >= 11 is 0. The Labute approximate surface area is 132 Å². The Kier molecular flexibility index (Phi) is 4.39. The van der Waals surface area contributed by atoms with Crippen LogP contribution in [-0.2, 0) is 11.8 Å². The Morgan fingerprint density at radius 2 is 2.27 bits per heavy atom. The molecule has 1 aromatic rings. The molecule has 2 atom stereocenters. The van der Waals surface area contributed by atoms with Crippen molar-refractivity contribution in [3.63, 3.8) is 0 Å². The second kappa shape index (κ2) is 6.29. The zero-order chi connectivity index (χ0) is 15.6. The van der Waals surface area contributed by atoms with Crippen molar-refractivity contribution in [3.8, 4) is 0 Å². The van der Waals surface area contributed by atoms with Crippen molar-refractivity contribution in [3.05, 3.63) is 35.4 Å². The van der Waals surface area contributed by atoms with E-state index in [0.29, 0.717) is 13.1 Å². The first-order chi connectivity index (χ1) is 10.6. The van der Waals surface area contributed by atoms with Crippen LogP contribution in [0.1, 0.15) is 37.3 Å². The minimum absolute atomic E-state index is 0.0141. The molecule has 3 rings (SSSR count). The Morgan fingerprint density at radius 1 is 1.45 bits per heavy atom. The van der Waals surface area contributed by atoms with Crippen molar-refractivity contribution in [2.75, 3.05) is 26.2 Å². The molecule has 4 nitrogen and oxygen atoms in total. The number of urea groups is 1. The summed E-state index contributed by atoms with van der Waals surface area (Å²) < 4.78 is 0. The molecule has 2 N–H and O–H groups in total. The number of hydrogen-bond donors (Lipinski definition) is 2.